The first-order chi connectivity index (χ1) is 9.33. The molecule has 0 unspecified atom stereocenters. The maximum atomic E-state index is 11.8. The fourth-order valence-corrected chi connectivity index (χ4v) is 1.76. The lowest BCUT2D eigenvalue weighted by Crippen LogP contribution is -2.09. The number of aromatic nitrogens is 2. The second-order valence-corrected chi connectivity index (χ2v) is 3.96. The van der Waals surface area contributed by atoms with Gasteiger partial charge in [0, 0.05) is 17.8 Å². The first-order valence-electron chi connectivity index (χ1n) is 5.81. The highest BCUT2D eigenvalue weighted by atomic mass is 16.5. The number of carbonyl (C=O) groups excluding carboxylic acids is 1. The highest BCUT2D eigenvalue weighted by Crippen LogP contribution is 2.19. The van der Waals surface area contributed by atoms with Crippen LogP contribution in [-0.2, 0) is 0 Å². The van der Waals surface area contributed by atoms with Gasteiger partial charge in [0.15, 0.2) is 0 Å². The minimum atomic E-state index is -0.469. The number of hydrogen-bond acceptors (Lipinski definition) is 4. The number of benzene rings is 1. The Morgan fingerprint density at radius 1 is 0.947 bits per heavy atom. The zero-order valence-electron chi connectivity index (χ0n) is 9.98. The third kappa shape index (κ3) is 2.42. The molecule has 0 spiro atoms. The molecule has 0 aliphatic carbocycles. The second-order valence-electron chi connectivity index (χ2n) is 3.96. The molecule has 0 atom stereocenters. The number of nitrogens with zero attached hydrogens (tertiary/aromatic N) is 2. The van der Waals surface area contributed by atoms with Crippen LogP contribution in [0.2, 0.25) is 0 Å². The summed E-state index contributed by atoms with van der Waals surface area (Å²) in [6, 6.07) is 14.2. The molecule has 0 saturated carbocycles. The van der Waals surface area contributed by atoms with E-state index in [0.717, 1.165) is 10.9 Å². The van der Waals surface area contributed by atoms with E-state index in [1.807, 2.05) is 18.2 Å². The fourth-order valence-electron chi connectivity index (χ4n) is 1.76. The third-order valence-electron chi connectivity index (χ3n) is 2.66. The minimum Gasteiger partial charge on any atom is -0.422 e. The van der Waals surface area contributed by atoms with Gasteiger partial charge in [0.2, 0.25) is 0 Å². The SMILES string of the molecule is O=C(Oc1ccc2ncccc2c1)c1ccccn1. The van der Waals surface area contributed by atoms with Gasteiger partial charge < -0.3 is 4.74 Å². The topological polar surface area (TPSA) is 52.1 Å². The Bertz CT molecular complexity index is 726. The zero-order chi connectivity index (χ0) is 13.1. The predicted octanol–water partition coefficient (Wildman–Crippen LogP) is 2.85. The Balaban J connectivity index is 1.87. The van der Waals surface area contributed by atoms with E-state index in [0.29, 0.717) is 5.75 Å². The van der Waals surface area contributed by atoms with Gasteiger partial charge in [-0.1, -0.05) is 12.1 Å². The minimum absolute atomic E-state index is 0.286. The molecular weight excluding hydrogens is 240 g/mol. The zero-order valence-corrected chi connectivity index (χ0v) is 9.98. The van der Waals surface area contributed by atoms with Crippen molar-refractivity contribution in [2.24, 2.45) is 0 Å². The first-order valence-corrected chi connectivity index (χ1v) is 5.81. The van der Waals surface area contributed by atoms with Gasteiger partial charge in [-0.05, 0) is 36.4 Å². The van der Waals surface area contributed by atoms with Crippen molar-refractivity contribution in [2.45, 2.75) is 0 Å². The van der Waals surface area contributed by atoms with Crippen LogP contribution in [0.1, 0.15) is 10.5 Å². The van der Waals surface area contributed by atoms with Crippen molar-refractivity contribution in [3.63, 3.8) is 0 Å². The maximum absolute atomic E-state index is 11.8. The Kier molecular flexibility index (Phi) is 2.90. The summed E-state index contributed by atoms with van der Waals surface area (Å²) in [6.45, 7) is 0. The maximum Gasteiger partial charge on any atom is 0.362 e. The largest absolute Gasteiger partial charge is 0.422 e. The van der Waals surface area contributed by atoms with E-state index < -0.39 is 5.97 Å². The lowest BCUT2D eigenvalue weighted by Gasteiger charge is -2.04. The summed E-state index contributed by atoms with van der Waals surface area (Å²) < 4.78 is 5.28. The molecule has 3 aromatic rings. The highest BCUT2D eigenvalue weighted by Gasteiger charge is 2.09. The monoisotopic (exact) mass is 250 g/mol. The van der Waals surface area contributed by atoms with Gasteiger partial charge in [-0.3, -0.25) is 4.98 Å². The molecule has 0 saturated heterocycles. The standard InChI is InChI=1S/C15H10N2O2/c18-15(14-5-1-2-8-17-14)19-12-6-7-13-11(10-12)4-3-9-16-13/h1-10H. The van der Waals surface area contributed by atoms with Crippen molar-refractivity contribution < 1.29 is 9.53 Å². The fraction of sp³-hybridized carbons (Fsp3) is 0. The Morgan fingerprint density at radius 3 is 2.68 bits per heavy atom. The molecule has 2 aromatic heterocycles. The predicted molar refractivity (Wildman–Crippen MR) is 70.9 cm³/mol. The van der Waals surface area contributed by atoms with E-state index in [2.05, 4.69) is 9.97 Å². The molecule has 0 aliphatic heterocycles. The summed E-state index contributed by atoms with van der Waals surface area (Å²) in [5, 5.41) is 0.925. The third-order valence-corrected chi connectivity index (χ3v) is 2.66. The normalized spacial score (nSPS) is 10.3. The van der Waals surface area contributed by atoms with E-state index in [4.69, 9.17) is 4.74 Å². The lowest BCUT2D eigenvalue weighted by molar-refractivity contribution is 0.0729. The molecule has 4 heteroatoms. The van der Waals surface area contributed by atoms with Crippen molar-refractivity contribution in [1.82, 2.24) is 9.97 Å². The molecule has 0 fully saturated rings. The molecule has 4 nitrogen and oxygen atoms in total. The van der Waals surface area contributed by atoms with Crippen molar-refractivity contribution in [3.8, 4) is 5.75 Å². The molecule has 0 bridgehead atoms. The van der Waals surface area contributed by atoms with E-state index >= 15 is 0 Å². The van der Waals surface area contributed by atoms with Crippen LogP contribution in [0.15, 0.2) is 60.9 Å². The molecule has 0 radical (unpaired) electrons. The van der Waals surface area contributed by atoms with Crippen LogP contribution in [0.25, 0.3) is 10.9 Å². The summed E-state index contributed by atoms with van der Waals surface area (Å²) >= 11 is 0. The van der Waals surface area contributed by atoms with Gasteiger partial charge in [0.25, 0.3) is 0 Å². The van der Waals surface area contributed by atoms with Crippen molar-refractivity contribution in [1.29, 1.82) is 0 Å². The summed E-state index contributed by atoms with van der Waals surface area (Å²) in [5.74, 6) is 0.0139. The Hall–Kier alpha value is -2.75. The summed E-state index contributed by atoms with van der Waals surface area (Å²) in [4.78, 5) is 20.0. The first kappa shape index (κ1) is 11.3. The van der Waals surface area contributed by atoms with Crippen LogP contribution >= 0.6 is 0 Å². The second kappa shape index (κ2) is 4.86. The number of esters is 1. The van der Waals surface area contributed by atoms with Crippen LogP contribution < -0.4 is 4.74 Å². The number of rotatable bonds is 2. The number of carbonyl (C=O) groups is 1. The molecular formula is C15H10N2O2. The molecule has 1 aromatic carbocycles. The Morgan fingerprint density at radius 2 is 1.84 bits per heavy atom. The van der Waals surface area contributed by atoms with Crippen LogP contribution in [0.5, 0.6) is 5.75 Å². The van der Waals surface area contributed by atoms with E-state index in [1.54, 1.807) is 42.7 Å². The van der Waals surface area contributed by atoms with Gasteiger partial charge >= 0.3 is 5.97 Å². The van der Waals surface area contributed by atoms with E-state index in [-0.39, 0.29) is 5.69 Å². The van der Waals surface area contributed by atoms with Crippen molar-refractivity contribution >= 4 is 16.9 Å². The van der Waals surface area contributed by atoms with Gasteiger partial charge in [0.05, 0.1) is 5.52 Å². The molecule has 92 valence electrons. The van der Waals surface area contributed by atoms with Gasteiger partial charge in [-0.2, -0.15) is 0 Å². The van der Waals surface area contributed by atoms with Crippen LogP contribution in [-0.4, -0.2) is 15.9 Å². The molecule has 3 rings (SSSR count). The van der Waals surface area contributed by atoms with Crippen LogP contribution in [0.4, 0.5) is 0 Å². The highest BCUT2D eigenvalue weighted by molar-refractivity contribution is 5.89. The number of pyridine rings is 2. The number of fused-ring (bicyclic) bond motifs is 1. The molecule has 19 heavy (non-hydrogen) atoms. The average molecular weight is 250 g/mol. The van der Waals surface area contributed by atoms with Crippen LogP contribution in [0.3, 0.4) is 0 Å². The molecule has 0 aliphatic rings. The van der Waals surface area contributed by atoms with Crippen molar-refractivity contribution in [3.05, 3.63) is 66.6 Å². The van der Waals surface area contributed by atoms with Gasteiger partial charge in [-0.15, -0.1) is 0 Å². The summed E-state index contributed by atoms with van der Waals surface area (Å²) in [7, 11) is 0. The van der Waals surface area contributed by atoms with Crippen molar-refractivity contribution in [2.75, 3.05) is 0 Å². The summed E-state index contributed by atoms with van der Waals surface area (Å²) in [6.07, 6.45) is 3.28. The molecule has 2 heterocycles. The van der Waals surface area contributed by atoms with Gasteiger partial charge in [-0.25, -0.2) is 9.78 Å². The smallest absolute Gasteiger partial charge is 0.362 e. The average Bonchev–Trinajstić information content (AvgIpc) is 2.48. The van der Waals surface area contributed by atoms with Gasteiger partial charge in [0.1, 0.15) is 11.4 Å². The summed E-state index contributed by atoms with van der Waals surface area (Å²) in [5.41, 5.74) is 1.15. The van der Waals surface area contributed by atoms with Crippen LogP contribution in [0, 0.1) is 0 Å². The quantitative estimate of drug-likeness (QED) is 0.518. The molecule has 0 N–H and O–H groups in total. The molecule has 0 amide bonds. The van der Waals surface area contributed by atoms with E-state index in [1.165, 1.54) is 0 Å². The number of ether oxygens (including phenoxy) is 1. The lowest BCUT2D eigenvalue weighted by atomic mass is 10.2. The Labute approximate surface area is 109 Å². The van der Waals surface area contributed by atoms with E-state index in [9.17, 15) is 4.79 Å². The number of hydrogen-bond donors (Lipinski definition) is 0.